The monoisotopic (exact) mass is 686 g/mol. The summed E-state index contributed by atoms with van der Waals surface area (Å²) < 4.78 is 0. The number of fused-ring (bicyclic) bond motifs is 2. The molecule has 10 rings (SSSR count). The molecule has 268 valence electrons. The maximum absolute atomic E-state index is 13.7. The van der Waals surface area contributed by atoms with Crippen LogP contribution in [-0.2, 0) is 9.59 Å². The largest absolute Gasteiger partial charge is 0.356 e. The number of rotatable bonds is 0. The van der Waals surface area contributed by atoms with Gasteiger partial charge in [0.25, 0.3) is 23.6 Å². The lowest BCUT2D eigenvalue weighted by atomic mass is 9.69. The topological polar surface area (TPSA) is 139 Å². The maximum atomic E-state index is 13.7. The summed E-state index contributed by atoms with van der Waals surface area (Å²) in [6.07, 6.45) is 8.31. The number of hydrogen-bond acceptors (Lipinski definition) is 8. The second kappa shape index (κ2) is 15.4. The number of benzene rings is 2. The molecule has 2 N–H and O–H groups in total. The summed E-state index contributed by atoms with van der Waals surface area (Å²) in [6.45, 7) is 4.31. The second-order valence-electron chi connectivity index (χ2n) is 14.7. The van der Waals surface area contributed by atoms with Crippen molar-refractivity contribution in [2.75, 3.05) is 66.5 Å². The molecule has 12 nitrogen and oxygen atoms in total. The molecule has 0 unspecified atom stereocenters. The zero-order valence-corrected chi connectivity index (χ0v) is 29.5. The zero-order chi connectivity index (χ0) is 35.4. The van der Waals surface area contributed by atoms with Crippen molar-refractivity contribution in [1.82, 2.24) is 30.2 Å². The lowest BCUT2D eigenvalue weighted by Gasteiger charge is -2.36. The van der Waals surface area contributed by atoms with Gasteiger partial charge in [-0.2, -0.15) is 0 Å². The first-order valence-electron chi connectivity index (χ1n) is 18.3. The lowest BCUT2D eigenvalue weighted by Crippen LogP contribution is -2.44. The van der Waals surface area contributed by atoms with Crippen molar-refractivity contribution in [3.8, 4) is 0 Å². The standard InChI is InChI=1S/C38H50N6O6/c1-41-18-6-16-39-30(45)24-38(14-4-3-5-15-38)25-31(46)40-17-7-19-42(2)21-9-23-44-36(49)28-12-10-26-32-27(11-13-29(33(28)32)37(44)50)35(48)43(34(26)47)22-8-20-41/h10-13H,3-9,14-25H2,1-2H3,(H,39,45)(H,40,46). The van der Waals surface area contributed by atoms with Crippen molar-refractivity contribution in [2.24, 2.45) is 5.41 Å². The van der Waals surface area contributed by atoms with E-state index in [1.807, 2.05) is 14.1 Å². The van der Waals surface area contributed by atoms with Crippen LogP contribution >= 0.6 is 0 Å². The summed E-state index contributed by atoms with van der Waals surface area (Å²) in [5.74, 6) is -1.68. The van der Waals surface area contributed by atoms with Gasteiger partial charge in [0.15, 0.2) is 0 Å². The quantitative estimate of drug-likeness (QED) is 0.402. The highest BCUT2D eigenvalue weighted by atomic mass is 16.2. The van der Waals surface area contributed by atoms with Gasteiger partial charge in [0.1, 0.15) is 0 Å². The van der Waals surface area contributed by atoms with E-state index in [1.165, 1.54) is 9.80 Å². The van der Waals surface area contributed by atoms with E-state index in [1.54, 1.807) is 24.3 Å². The molecule has 1 saturated carbocycles. The van der Waals surface area contributed by atoms with E-state index in [0.717, 1.165) is 58.0 Å². The minimum absolute atomic E-state index is 0.00414. The van der Waals surface area contributed by atoms with E-state index in [2.05, 4.69) is 20.4 Å². The number of carbonyl (C=O) groups is 6. The number of imide groups is 2. The van der Waals surface area contributed by atoms with Gasteiger partial charge >= 0.3 is 0 Å². The number of hydrogen-bond donors (Lipinski definition) is 2. The Bertz CT molecular complexity index is 1500. The Hall–Kier alpha value is -4.16. The highest BCUT2D eigenvalue weighted by Crippen LogP contribution is 2.42. The SMILES string of the molecule is CN1CCCNC(=O)CC2(CCCCC2)CC(=O)NCCCN(C)CCCN2C(=O)c3ccc4c5c(ccc(c35)C2=O)C(=O)N(CCC1)C4=O. The van der Waals surface area contributed by atoms with Crippen molar-refractivity contribution in [3.05, 3.63) is 46.5 Å². The van der Waals surface area contributed by atoms with Crippen LogP contribution < -0.4 is 10.6 Å². The van der Waals surface area contributed by atoms with Crippen molar-refractivity contribution < 1.29 is 28.8 Å². The third-order valence-corrected chi connectivity index (χ3v) is 11.0. The van der Waals surface area contributed by atoms with E-state index in [9.17, 15) is 28.8 Å². The van der Waals surface area contributed by atoms with Crippen LogP contribution in [0.3, 0.4) is 0 Å². The maximum Gasteiger partial charge on any atom is 0.261 e. The smallest absolute Gasteiger partial charge is 0.261 e. The lowest BCUT2D eigenvalue weighted by molar-refractivity contribution is -0.127. The molecule has 1 fully saturated rings. The van der Waals surface area contributed by atoms with Crippen LogP contribution in [0.15, 0.2) is 24.3 Å². The second-order valence-corrected chi connectivity index (χ2v) is 14.7. The van der Waals surface area contributed by atoms with Gasteiger partial charge in [-0.15, -0.1) is 0 Å². The Balaban J connectivity index is 1.17. The summed E-state index contributed by atoms with van der Waals surface area (Å²) in [4.78, 5) is 87.5. The minimum Gasteiger partial charge on any atom is -0.356 e. The van der Waals surface area contributed by atoms with Crippen LogP contribution in [0.5, 0.6) is 0 Å². The molecule has 7 aliphatic heterocycles. The van der Waals surface area contributed by atoms with Gasteiger partial charge in [-0.1, -0.05) is 19.3 Å². The van der Waals surface area contributed by atoms with Crippen molar-refractivity contribution in [1.29, 1.82) is 0 Å². The van der Waals surface area contributed by atoms with Crippen LogP contribution in [0.1, 0.15) is 112 Å². The molecule has 6 amide bonds. The van der Waals surface area contributed by atoms with E-state index < -0.39 is 23.6 Å². The Kier molecular flexibility index (Phi) is 11.0. The molecular weight excluding hydrogens is 636 g/mol. The molecule has 50 heavy (non-hydrogen) atoms. The molecule has 0 saturated heterocycles. The van der Waals surface area contributed by atoms with E-state index >= 15 is 0 Å². The first-order valence-corrected chi connectivity index (χ1v) is 18.3. The molecule has 8 aliphatic rings. The Morgan fingerprint density at radius 2 is 0.840 bits per heavy atom. The van der Waals surface area contributed by atoms with Crippen LogP contribution in [0.4, 0.5) is 0 Å². The molecule has 2 aromatic rings. The van der Waals surface area contributed by atoms with Crippen molar-refractivity contribution in [2.45, 2.75) is 70.6 Å². The highest BCUT2D eigenvalue weighted by Gasteiger charge is 2.40. The first-order chi connectivity index (χ1) is 24.1. The first kappa shape index (κ1) is 35.7. The number of nitrogens with zero attached hydrogens (tertiary/aromatic N) is 4. The molecule has 0 radical (unpaired) electrons. The Morgan fingerprint density at radius 3 is 1.22 bits per heavy atom. The number of nitrogens with one attached hydrogen (secondary N) is 2. The average molecular weight is 687 g/mol. The van der Waals surface area contributed by atoms with Crippen LogP contribution in [0, 0.1) is 5.41 Å². The molecule has 0 aromatic heterocycles. The summed E-state index contributed by atoms with van der Waals surface area (Å²) in [5, 5.41) is 6.93. The van der Waals surface area contributed by atoms with Gasteiger partial charge in [-0.05, 0) is 108 Å². The van der Waals surface area contributed by atoms with Crippen LogP contribution in [0.2, 0.25) is 0 Å². The van der Waals surface area contributed by atoms with Gasteiger partial charge < -0.3 is 20.4 Å². The molecule has 1 spiro atoms. The van der Waals surface area contributed by atoms with Gasteiger partial charge in [0, 0.05) is 72.0 Å². The summed E-state index contributed by atoms with van der Waals surface area (Å²) >= 11 is 0. The van der Waals surface area contributed by atoms with E-state index in [0.29, 0.717) is 84.9 Å². The van der Waals surface area contributed by atoms with Gasteiger partial charge in [-0.25, -0.2) is 0 Å². The summed E-state index contributed by atoms with van der Waals surface area (Å²) in [7, 11) is 3.95. The Labute approximate surface area is 293 Å². The average Bonchev–Trinajstić information content (AvgIpc) is 3.09. The van der Waals surface area contributed by atoms with Crippen molar-refractivity contribution in [3.63, 3.8) is 0 Å². The van der Waals surface area contributed by atoms with Gasteiger partial charge in [0.2, 0.25) is 11.8 Å². The predicted octanol–water partition coefficient (Wildman–Crippen LogP) is 3.43. The molecule has 7 heterocycles. The predicted molar refractivity (Wildman–Crippen MR) is 189 cm³/mol. The van der Waals surface area contributed by atoms with Crippen LogP contribution in [0.25, 0.3) is 10.8 Å². The summed E-state index contributed by atoms with van der Waals surface area (Å²) in [5.41, 5.74) is 1.01. The third-order valence-electron chi connectivity index (χ3n) is 11.0. The van der Waals surface area contributed by atoms with Gasteiger partial charge in [0.05, 0.1) is 0 Å². The molecule has 1 aliphatic carbocycles. The van der Waals surface area contributed by atoms with Crippen LogP contribution in [-0.4, -0.2) is 121 Å². The third kappa shape index (κ3) is 7.46. The summed E-state index contributed by atoms with van der Waals surface area (Å²) in [6, 6.07) is 6.44. The Morgan fingerprint density at radius 1 is 0.480 bits per heavy atom. The number of amides is 6. The fourth-order valence-corrected chi connectivity index (χ4v) is 8.28. The minimum atomic E-state index is -0.418. The normalized spacial score (nSPS) is 22.8. The molecular formula is C38H50N6O6. The highest BCUT2D eigenvalue weighted by molar-refractivity contribution is 6.33. The molecule has 8 bridgehead atoms. The molecule has 0 atom stereocenters. The van der Waals surface area contributed by atoms with E-state index in [4.69, 9.17) is 0 Å². The molecule has 12 heteroatoms. The van der Waals surface area contributed by atoms with Gasteiger partial charge in [-0.3, -0.25) is 38.6 Å². The van der Waals surface area contributed by atoms with Crippen molar-refractivity contribution >= 4 is 46.2 Å². The zero-order valence-electron chi connectivity index (χ0n) is 29.5. The molecule has 2 aromatic carbocycles. The number of carbonyl (C=O) groups excluding carboxylic acids is 6. The van der Waals surface area contributed by atoms with E-state index in [-0.39, 0.29) is 30.3 Å². The fraction of sp³-hybridized carbons (Fsp3) is 0.579. The fourth-order valence-electron chi connectivity index (χ4n) is 8.28.